The average Bonchev–Trinajstić information content (AvgIpc) is 3.14. The number of alkyl halides is 1. The number of piperidine rings is 1. The Morgan fingerprint density at radius 3 is 2.96 bits per heavy atom. The molecule has 0 unspecified atom stereocenters. The summed E-state index contributed by atoms with van der Waals surface area (Å²) in [5, 5.41) is 12.4. The summed E-state index contributed by atoms with van der Waals surface area (Å²) in [6, 6.07) is 15.3. The van der Waals surface area contributed by atoms with E-state index in [9.17, 15) is 4.39 Å². The van der Waals surface area contributed by atoms with E-state index >= 15 is 0 Å². The molecule has 0 saturated carbocycles. The van der Waals surface area contributed by atoms with Gasteiger partial charge in [0.15, 0.2) is 11.5 Å². The zero-order valence-corrected chi connectivity index (χ0v) is 14.5. The number of pyridine rings is 2. The third kappa shape index (κ3) is 2.90. The molecule has 4 aromatic rings. The maximum Gasteiger partial charge on any atom is 0.187 e. The first kappa shape index (κ1) is 16.1. The standard InChI is InChI=1S/C20H18FN5O/c21-14-12-22-10-9-16(14)27-17-5-3-4-13-7-8-15(23-19(13)17)20-25-24-18-6-1-2-11-26(18)20/h1-8,11,14,16,22H,9-10,12H2/t14-,16+/m0/s1. The summed E-state index contributed by atoms with van der Waals surface area (Å²) in [6.07, 6.45) is 1.04. The van der Waals surface area contributed by atoms with Gasteiger partial charge in [-0.25, -0.2) is 9.37 Å². The Morgan fingerprint density at radius 2 is 2.04 bits per heavy atom. The summed E-state index contributed by atoms with van der Waals surface area (Å²) < 4.78 is 22.1. The number of ether oxygens (including phenoxy) is 1. The Hall–Kier alpha value is -3.06. The lowest BCUT2D eigenvalue weighted by molar-refractivity contribution is 0.0742. The van der Waals surface area contributed by atoms with Gasteiger partial charge in [0.2, 0.25) is 0 Å². The van der Waals surface area contributed by atoms with Crippen molar-refractivity contribution in [2.24, 2.45) is 0 Å². The molecule has 1 aliphatic rings. The fourth-order valence-corrected chi connectivity index (χ4v) is 3.45. The van der Waals surface area contributed by atoms with Crippen LogP contribution in [0.1, 0.15) is 6.42 Å². The molecule has 5 rings (SSSR count). The predicted octanol–water partition coefficient (Wildman–Crippen LogP) is 3.02. The largest absolute Gasteiger partial charge is 0.485 e. The number of rotatable bonds is 3. The van der Waals surface area contributed by atoms with Gasteiger partial charge in [0.05, 0.1) is 0 Å². The van der Waals surface area contributed by atoms with E-state index in [2.05, 4.69) is 15.5 Å². The fraction of sp³-hybridized carbons (Fsp3) is 0.250. The number of nitrogens with zero attached hydrogens (tertiary/aromatic N) is 4. The number of aromatic nitrogens is 4. The summed E-state index contributed by atoms with van der Waals surface area (Å²) in [7, 11) is 0. The molecule has 0 bridgehead atoms. The number of hydrogen-bond donors (Lipinski definition) is 1. The fourth-order valence-electron chi connectivity index (χ4n) is 3.45. The number of hydrogen-bond acceptors (Lipinski definition) is 5. The average molecular weight is 363 g/mol. The summed E-state index contributed by atoms with van der Waals surface area (Å²) >= 11 is 0. The van der Waals surface area contributed by atoms with E-state index in [0.717, 1.165) is 17.6 Å². The van der Waals surface area contributed by atoms with Crippen LogP contribution in [0.3, 0.4) is 0 Å². The van der Waals surface area contributed by atoms with Crippen molar-refractivity contribution < 1.29 is 9.13 Å². The highest BCUT2D eigenvalue weighted by Gasteiger charge is 2.27. The normalized spacial score (nSPS) is 20.2. The lowest BCUT2D eigenvalue weighted by atomic mass is 10.1. The van der Waals surface area contributed by atoms with Gasteiger partial charge < -0.3 is 10.1 Å². The lowest BCUT2D eigenvalue weighted by Gasteiger charge is -2.27. The first-order chi connectivity index (χ1) is 13.3. The lowest BCUT2D eigenvalue weighted by Crippen LogP contribution is -2.44. The zero-order valence-electron chi connectivity index (χ0n) is 14.5. The highest BCUT2D eigenvalue weighted by molar-refractivity contribution is 5.86. The molecule has 1 aliphatic heterocycles. The maximum absolute atomic E-state index is 14.2. The Kier molecular flexibility index (Phi) is 3.94. The first-order valence-corrected chi connectivity index (χ1v) is 9.01. The van der Waals surface area contributed by atoms with Crippen LogP contribution in [0, 0.1) is 0 Å². The third-order valence-corrected chi connectivity index (χ3v) is 4.85. The van der Waals surface area contributed by atoms with Crippen LogP contribution in [0.2, 0.25) is 0 Å². The molecular weight excluding hydrogens is 345 g/mol. The minimum atomic E-state index is -1.03. The molecule has 3 aromatic heterocycles. The summed E-state index contributed by atoms with van der Waals surface area (Å²) in [6.45, 7) is 1.07. The van der Waals surface area contributed by atoms with Crippen LogP contribution < -0.4 is 10.1 Å². The second kappa shape index (κ2) is 6.59. The van der Waals surface area contributed by atoms with E-state index in [1.54, 1.807) is 0 Å². The van der Waals surface area contributed by atoms with Crippen LogP contribution in [0.15, 0.2) is 54.7 Å². The predicted molar refractivity (Wildman–Crippen MR) is 101 cm³/mol. The molecular formula is C20H18FN5O. The zero-order chi connectivity index (χ0) is 18.2. The summed E-state index contributed by atoms with van der Waals surface area (Å²) in [5.74, 6) is 1.25. The molecule has 1 aromatic carbocycles. The second-order valence-corrected chi connectivity index (χ2v) is 6.64. The van der Waals surface area contributed by atoms with Crippen molar-refractivity contribution in [1.29, 1.82) is 0 Å². The topological polar surface area (TPSA) is 64.3 Å². The van der Waals surface area contributed by atoms with Gasteiger partial charge in [0, 0.05) is 18.1 Å². The van der Waals surface area contributed by atoms with Gasteiger partial charge in [-0.3, -0.25) is 4.40 Å². The highest BCUT2D eigenvalue weighted by Crippen LogP contribution is 2.29. The number of fused-ring (bicyclic) bond motifs is 2. The van der Waals surface area contributed by atoms with Crippen molar-refractivity contribution in [2.75, 3.05) is 13.1 Å². The molecule has 1 saturated heterocycles. The van der Waals surface area contributed by atoms with Crippen LogP contribution in [0.25, 0.3) is 28.1 Å². The molecule has 136 valence electrons. The molecule has 7 heteroatoms. The van der Waals surface area contributed by atoms with Crippen LogP contribution in [0.4, 0.5) is 4.39 Å². The molecule has 2 atom stereocenters. The Balaban J connectivity index is 1.58. The number of halogens is 1. The number of para-hydroxylation sites is 1. The van der Waals surface area contributed by atoms with Crippen molar-refractivity contribution in [3.63, 3.8) is 0 Å². The summed E-state index contributed by atoms with van der Waals surface area (Å²) in [4.78, 5) is 4.77. The van der Waals surface area contributed by atoms with Gasteiger partial charge in [-0.15, -0.1) is 10.2 Å². The quantitative estimate of drug-likeness (QED) is 0.606. The van der Waals surface area contributed by atoms with Crippen molar-refractivity contribution in [1.82, 2.24) is 24.9 Å². The van der Waals surface area contributed by atoms with Crippen molar-refractivity contribution >= 4 is 16.6 Å². The van der Waals surface area contributed by atoms with Crippen molar-refractivity contribution in [2.45, 2.75) is 18.7 Å². The second-order valence-electron chi connectivity index (χ2n) is 6.64. The molecule has 27 heavy (non-hydrogen) atoms. The smallest absolute Gasteiger partial charge is 0.187 e. The molecule has 0 amide bonds. The van der Waals surface area contributed by atoms with Gasteiger partial charge in [0.25, 0.3) is 0 Å². The first-order valence-electron chi connectivity index (χ1n) is 9.01. The van der Waals surface area contributed by atoms with Crippen molar-refractivity contribution in [3.05, 3.63) is 54.7 Å². The third-order valence-electron chi connectivity index (χ3n) is 4.85. The molecule has 0 radical (unpaired) electrons. The van der Waals surface area contributed by atoms with E-state index in [1.165, 1.54) is 0 Å². The molecule has 0 aliphatic carbocycles. The Bertz CT molecular complexity index is 1110. The molecule has 0 spiro atoms. The van der Waals surface area contributed by atoms with Crippen LogP contribution >= 0.6 is 0 Å². The molecule has 4 heterocycles. The SMILES string of the molecule is F[C@H]1CNCC[C@H]1Oc1cccc2ccc(-c3nnc4ccccn34)nc12. The van der Waals surface area contributed by atoms with E-state index in [-0.39, 0.29) is 0 Å². The van der Waals surface area contributed by atoms with Crippen LogP contribution in [-0.2, 0) is 0 Å². The van der Waals surface area contributed by atoms with Crippen LogP contribution in [0.5, 0.6) is 5.75 Å². The Morgan fingerprint density at radius 1 is 1.07 bits per heavy atom. The van der Waals surface area contributed by atoms with Gasteiger partial charge >= 0.3 is 0 Å². The monoisotopic (exact) mass is 363 g/mol. The van der Waals surface area contributed by atoms with Gasteiger partial charge in [-0.05, 0) is 37.2 Å². The minimum absolute atomic E-state index is 0.319. The van der Waals surface area contributed by atoms with Gasteiger partial charge in [0.1, 0.15) is 29.2 Å². The van der Waals surface area contributed by atoms with Crippen molar-refractivity contribution in [3.8, 4) is 17.3 Å². The highest BCUT2D eigenvalue weighted by atomic mass is 19.1. The van der Waals surface area contributed by atoms with E-state index in [0.29, 0.717) is 35.8 Å². The van der Waals surface area contributed by atoms with Crippen LogP contribution in [-0.4, -0.2) is 44.9 Å². The molecule has 1 N–H and O–H groups in total. The minimum Gasteiger partial charge on any atom is -0.485 e. The molecule has 1 fully saturated rings. The molecule has 6 nitrogen and oxygen atoms in total. The number of nitrogens with one attached hydrogen (secondary N) is 1. The Labute approximate surface area is 155 Å². The van der Waals surface area contributed by atoms with E-state index in [1.807, 2.05) is 59.1 Å². The van der Waals surface area contributed by atoms with Gasteiger partial charge in [-0.1, -0.05) is 24.3 Å². The number of benzene rings is 1. The van der Waals surface area contributed by atoms with E-state index in [4.69, 9.17) is 9.72 Å². The van der Waals surface area contributed by atoms with E-state index < -0.39 is 12.3 Å². The maximum atomic E-state index is 14.2. The summed E-state index contributed by atoms with van der Waals surface area (Å²) in [5.41, 5.74) is 2.15. The van der Waals surface area contributed by atoms with Gasteiger partial charge in [-0.2, -0.15) is 0 Å².